The minimum atomic E-state index is -0.946. The minimum absolute atomic E-state index is 0.0937. The summed E-state index contributed by atoms with van der Waals surface area (Å²) >= 11 is 0. The van der Waals surface area contributed by atoms with E-state index in [0.717, 1.165) is 67.1 Å². The molecule has 1 atom stereocenters. The number of fused-ring (bicyclic) bond motifs is 1. The molecule has 2 aliphatic heterocycles. The van der Waals surface area contributed by atoms with Crippen molar-refractivity contribution in [2.45, 2.75) is 57.6 Å². The second-order valence-electron chi connectivity index (χ2n) is 11.7. The molecule has 2 aliphatic rings. The number of carbonyl (C=O) groups is 1. The molecule has 0 aliphatic carbocycles. The summed E-state index contributed by atoms with van der Waals surface area (Å²) in [7, 11) is 3.57. The van der Waals surface area contributed by atoms with Crippen molar-refractivity contribution in [3.8, 4) is 5.88 Å². The first-order valence-corrected chi connectivity index (χ1v) is 15.1. The highest BCUT2D eigenvalue weighted by Gasteiger charge is 2.26. The van der Waals surface area contributed by atoms with Crippen LogP contribution in [0.25, 0.3) is 11.0 Å². The number of likely N-dealkylation sites (tertiary alicyclic amines) is 1. The number of hydrogen-bond donors (Lipinski definition) is 1. The lowest BCUT2D eigenvalue weighted by Crippen LogP contribution is -2.35. The molecule has 0 saturated carbocycles. The van der Waals surface area contributed by atoms with E-state index in [2.05, 4.69) is 9.47 Å². The van der Waals surface area contributed by atoms with Crippen LogP contribution in [-0.4, -0.2) is 75.5 Å². The Morgan fingerprint density at radius 1 is 1.07 bits per heavy atom. The summed E-state index contributed by atoms with van der Waals surface area (Å²) in [5.41, 5.74) is 4.09. The fraction of sp³-hybridized carbons (Fsp3) is 0.424. The number of carboxylic acid groups (broad SMARTS) is 1. The summed E-state index contributed by atoms with van der Waals surface area (Å²) in [6, 6.07) is 15.9. The molecule has 2 aromatic carbocycles. The van der Waals surface area contributed by atoms with E-state index in [1.54, 1.807) is 43.4 Å². The molecule has 2 saturated heterocycles. The van der Waals surface area contributed by atoms with E-state index in [4.69, 9.17) is 24.3 Å². The first kappa shape index (κ1) is 30.1. The van der Waals surface area contributed by atoms with E-state index in [0.29, 0.717) is 37.1 Å². The van der Waals surface area contributed by atoms with E-state index in [1.807, 2.05) is 24.3 Å². The van der Waals surface area contributed by atoms with Crippen LogP contribution in [0.15, 0.2) is 54.6 Å². The van der Waals surface area contributed by atoms with Crippen molar-refractivity contribution in [2.75, 3.05) is 33.8 Å². The number of pyridine rings is 1. The number of ether oxygens (including phenoxy) is 2. The van der Waals surface area contributed by atoms with Gasteiger partial charge in [0.05, 0.1) is 42.4 Å². The second-order valence-corrected chi connectivity index (χ2v) is 11.7. The molecule has 10 nitrogen and oxygen atoms in total. The Bertz CT molecular complexity index is 1610. The van der Waals surface area contributed by atoms with Crippen LogP contribution in [0, 0.1) is 5.82 Å². The highest BCUT2D eigenvalue weighted by Crippen LogP contribution is 2.30. The van der Waals surface area contributed by atoms with Gasteiger partial charge in [0.1, 0.15) is 18.2 Å². The molecular formula is C33H38FN5O5. The number of hydroxylamine groups is 2. The molecule has 0 radical (unpaired) electrons. The topological polar surface area (TPSA) is 102 Å². The SMILES string of the molecule is CN(C)OCc1ccc(COc2cccc(C3CCN(Cc4nc5ccc(C(=O)O)cc5n4CC4CCO4)CC3)n2)c(F)c1. The molecule has 4 heterocycles. The van der Waals surface area contributed by atoms with Crippen LogP contribution in [0.1, 0.15) is 58.2 Å². The summed E-state index contributed by atoms with van der Waals surface area (Å²) < 4.78 is 28.4. The lowest BCUT2D eigenvalue weighted by Gasteiger charge is -2.32. The van der Waals surface area contributed by atoms with Gasteiger partial charge in [-0.2, -0.15) is 5.06 Å². The van der Waals surface area contributed by atoms with Gasteiger partial charge in [-0.25, -0.2) is 19.2 Å². The third-order valence-electron chi connectivity index (χ3n) is 8.35. The molecule has 1 N–H and O–H groups in total. The lowest BCUT2D eigenvalue weighted by molar-refractivity contribution is -0.130. The van der Waals surface area contributed by atoms with Crippen LogP contribution < -0.4 is 4.74 Å². The molecule has 0 amide bonds. The molecule has 44 heavy (non-hydrogen) atoms. The van der Waals surface area contributed by atoms with Crippen LogP contribution >= 0.6 is 0 Å². The Hall–Kier alpha value is -3.90. The number of carboxylic acids is 1. The number of halogens is 1. The van der Waals surface area contributed by atoms with Gasteiger partial charge in [-0.05, 0) is 68.2 Å². The van der Waals surface area contributed by atoms with E-state index >= 15 is 0 Å². The maximum absolute atomic E-state index is 14.6. The van der Waals surface area contributed by atoms with Crippen molar-refractivity contribution in [3.05, 3.63) is 88.6 Å². The van der Waals surface area contributed by atoms with Crippen LogP contribution in [0.2, 0.25) is 0 Å². The maximum Gasteiger partial charge on any atom is 0.335 e. The van der Waals surface area contributed by atoms with E-state index in [-0.39, 0.29) is 24.1 Å². The Balaban J connectivity index is 1.07. The van der Waals surface area contributed by atoms with Crippen LogP contribution in [0.3, 0.4) is 0 Å². The summed E-state index contributed by atoms with van der Waals surface area (Å²) in [6.07, 6.45) is 3.00. The van der Waals surface area contributed by atoms with Crippen LogP contribution in [-0.2, 0) is 35.9 Å². The van der Waals surface area contributed by atoms with Gasteiger partial charge in [0.2, 0.25) is 5.88 Å². The number of imidazole rings is 1. The summed E-state index contributed by atoms with van der Waals surface area (Å²) in [6.45, 7) is 4.27. The normalized spacial score (nSPS) is 17.7. The highest BCUT2D eigenvalue weighted by atomic mass is 19.1. The van der Waals surface area contributed by atoms with E-state index < -0.39 is 5.97 Å². The molecule has 4 aromatic rings. The molecule has 0 spiro atoms. The average molecular weight is 604 g/mol. The lowest BCUT2D eigenvalue weighted by atomic mass is 9.93. The van der Waals surface area contributed by atoms with Gasteiger partial charge >= 0.3 is 5.97 Å². The Morgan fingerprint density at radius 2 is 1.89 bits per heavy atom. The maximum atomic E-state index is 14.6. The number of piperidine rings is 1. The standard InChI is InChI=1S/C33H38FN5O5/c1-37(2)44-20-22-6-7-25(27(34)16-22)21-43-32-5-3-4-28(36-32)23-10-13-38(14-11-23)19-31-35-29-9-8-24(33(40)41)17-30(29)39(31)18-26-12-15-42-26/h3-9,16-17,23,26H,10-15,18-21H2,1-2H3,(H,40,41). The fourth-order valence-electron chi connectivity index (χ4n) is 5.74. The van der Waals surface area contributed by atoms with Gasteiger partial charge in [-0.1, -0.05) is 18.2 Å². The first-order chi connectivity index (χ1) is 21.3. The van der Waals surface area contributed by atoms with E-state index in [9.17, 15) is 14.3 Å². The van der Waals surface area contributed by atoms with Crippen LogP contribution in [0.5, 0.6) is 5.88 Å². The largest absolute Gasteiger partial charge is 0.478 e. The zero-order valence-electron chi connectivity index (χ0n) is 25.1. The molecule has 0 bridgehead atoms. The van der Waals surface area contributed by atoms with Crippen molar-refractivity contribution in [1.29, 1.82) is 0 Å². The predicted octanol–water partition coefficient (Wildman–Crippen LogP) is 5.01. The number of hydrogen-bond acceptors (Lipinski definition) is 8. The molecule has 6 rings (SSSR count). The number of benzene rings is 2. The number of aromatic nitrogens is 3. The summed E-state index contributed by atoms with van der Waals surface area (Å²) in [5, 5.41) is 11.1. The Labute approximate surface area is 255 Å². The van der Waals surface area contributed by atoms with Crippen molar-refractivity contribution >= 4 is 17.0 Å². The minimum Gasteiger partial charge on any atom is -0.478 e. The highest BCUT2D eigenvalue weighted by molar-refractivity contribution is 5.92. The number of rotatable bonds is 12. The molecule has 2 aromatic heterocycles. The Kier molecular flexibility index (Phi) is 9.17. The van der Waals surface area contributed by atoms with Crippen molar-refractivity contribution in [2.24, 2.45) is 0 Å². The first-order valence-electron chi connectivity index (χ1n) is 15.1. The third-order valence-corrected chi connectivity index (χ3v) is 8.35. The van der Waals surface area contributed by atoms with Gasteiger partial charge in [0.15, 0.2) is 0 Å². The zero-order valence-corrected chi connectivity index (χ0v) is 25.1. The number of nitrogens with zero attached hydrogens (tertiary/aromatic N) is 5. The van der Waals surface area contributed by atoms with Crippen LogP contribution in [0.4, 0.5) is 4.39 Å². The molecule has 11 heteroatoms. The van der Waals surface area contributed by atoms with Gasteiger partial charge in [0, 0.05) is 43.9 Å². The molecule has 2 fully saturated rings. The van der Waals surface area contributed by atoms with Gasteiger partial charge in [0.25, 0.3) is 0 Å². The predicted molar refractivity (Wildman–Crippen MR) is 162 cm³/mol. The summed E-state index contributed by atoms with van der Waals surface area (Å²) in [4.78, 5) is 29.1. The second kappa shape index (κ2) is 13.4. The monoisotopic (exact) mass is 603 g/mol. The zero-order chi connectivity index (χ0) is 30.6. The van der Waals surface area contributed by atoms with Crippen molar-refractivity contribution in [3.63, 3.8) is 0 Å². The van der Waals surface area contributed by atoms with Gasteiger partial charge < -0.3 is 19.1 Å². The summed E-state index contributed by atoms with van der Waals surface area (Å²) in [5.74, 6) is 0.429. The Morgan fingerprint density at radius 3 is 2.59 bits per heavy atom. The average Bonchev–Trinajstić information content (AvgIpc) is 3.33. The van der Waals surface area contributed by atoms with Gasteiger partial charge in [-0.15, -0.1) is 0 Å². The van der Waals surface area contributed by atoms with Crippen molar-refractivity contribution in [1.82, 2.24) is 24.5 Å². The molecular weight excluding hydrogens is 565 g/mol. The third kappa shape index (κ3) is 7.07. The smallest absolute Gasteiger partial charge is 0.335 e. The quantitative estimate of drug-likeness (QED) is 0.224. The van der Waals surface area contributed by atoms with Gasteiger partial charge in [-0.3, -0.25) is 9.74 Å². The molecule has 232 valence electrons. The van der Waals surface area contributed by atoms with Crippen molar-refractivity contribution < 1.29 is 28.6 Å². The number of aromatic carboxylic acids is 1. The molecule has 1 unspecified atom stereocenters. The van der Waals surface area contributed by atoms with E-state index in [1.165, 1.54) is 6.07 Å². The fourth-order valence-corrected chi connectivity index (χ4v) is 5.74.